The lowest BCUT2D eigenvalue weighted by Gasteiger charge is -2.36. The molecule has 0 aromatic rings. The zero-order valence-corrected chi connectivity index (χ0v) is 8.54. The molecule has 0 aliphatic carbocycles. The van der Waals surface area contributed by atoms with Gasteiger partial charge in [-0.1, -0.05) is 0 Å². The Labute approximate surface area is 83.0 Å². The van der Waals surface area contributed by atoms with Gasteiger partial charge < -0.3 is 10.2 Å². The Balaban J connectivity index is 2.33. The number of carbonyl (C=O) groups excluding carboxylic acids is 2. The average molecular weight is 197 g/mol. The molecule has 0 bridgehead atoms. The van der Waals surface area contributed by atoms with Crippen LogP contribution in [-0.2, 0) is 4.79 Å². The fourth-order valence-corrected chi connectivity index (χ4v) is 2.31. The van der Waals surface area contributed by atoms with Crippen LogP contribution in [0.2, 0.25) is 0 Å². The molecule has 2 aliphatic heterocycles. The first-order valence-corrected chi connectivity index (χ1v) is 4.86. The minimum Gasteiger partial charge on any atom is -0.314 e. The molecular formula is C9H15N3O2. The molecule has 14 heavy (non-hydrogen) atoms. The molecule has 0 saturated carbocycles. The van der Waals surface area contributed by atoms with Crippen molar-refractivity contribution >= 4 is 11.9 Å². The van der Waals surface area contributed by atoms with E-state index in [-0.39, 0.29) is 11.9 Å². The second-order valence-corrected chi connectivity index (χ2v) is 4.02. The molecule has 0 aromatic carbocycles. The number of hydrogen-bond donors (Lipinski definition) is 1. The van der Waals surface area contributed by atoms with Gasteiger partial charge in [-0.3, -0.25) is 9.69 Å². The summed E-state index contributed by atoms with van der Waals surface area (Å²) in [4.78, 5) is 26.3. The molecule has 2 saturated heterocycles. The summed E-state index contributed by atoms with van der Waals surface area (Å²) < 4.78 is 0. The van der Waals surface area contributed by atoms with E-state index >= 15 is 0 Å². The summed E-state index contributed by atoms with van der Waals surface area (Å²) in [6.07, 6.45) is 1.71. The van der Waals surface area contributed by atoms with Crippen LogP contribution in [0.4, 0.5) is 4.79 Å². The highest BCUT2D eigenvalue weighted by atomic mass is 16.2. The van der Waals surface area contributed by atoms with Crippen LogP contribution in [0.1, 0.15) is 12.8 Å². The first-order valence-electron chi connectivity index (χ1n) is 4.86. The minimum absolute atomic E-state index is 0.0720. The van der Waals surface area contributed by atoms with Crippen molar-refractivity contribution in [3.63, 3.8) is 0 Å². The quantitative estimate of drug-likeness (QED) is 0.539. The molecule has 1 N–H and O–H groups in total. The van der Waals surface area contributed by atoms with Crippen molar-refractivity contribution in [3.8, 4) is 0 Å². The van der Waals surface area contributed by atoms with Crippen LogP contribution < -0.4 is 5.32 Å². The SMILES string of the molecule is CN1C(=O)N(C)C2(CCCNC2)C1=O. The van der Waals surface area contributed by atoms with E-state index in [1.165, 1.54) is 4.90 Å². The van der Waals surface area contributed by atoms with E-state index in [1.807, 2.05) is 0 Å². The maximum absolute atomic E-state index is 11.9. The molecule has 5 nitrogen and oxygen atoms in total. The Morgan fingerprint density at radius 3 is 2.50 bits per heavy atom. The largest absolute Gasteiger partial charge is 0.327 e. The van der Waals surface area contributed by atoms with E-state index in [1.54, 1.807) is 19.0 Å². The number of carbonyl (C=O) groups is 2. The van der Waals surface area contributed by atoms with E-state index < -0.39 is 5.54 Å². The summed E-state index contributed by atoms with van der Waals surface area (Å²) in [6.45, 7) is 1.51. The zero-order chi connectivity index (χ0) is 10.3. The summed E-state index contributed by atoms with van der Waals surface area (Å²) in [5.74, 6) is -0.0720. The van der Waals surface area contributed by atoms with Crippen LogP contribution in [0.15, 0.2) is 0 Å². The Bertz CT molecular complexity index is 284. The molecule has 5 heteroatoms. The van der Waals surface area contributed by atoms with Gasteiger partial charge in [0.05, 0.1) is 0 Å². The van der Waals surface area contributed by atoms with Gasteiger partial charge in [0.25, 0.3) is 5.91 Å². The lowest BCUT2D eigenvalue weighted by atomic mass is 9.89. The van der Waals surface area contributed by atoms with Gasteiger partial charge in [0.2, 0.25) is 0 Å². The Hall–Kier alpha value is -1.10. The standard InChI is InChI=1S/C9H15N3O2/c1-11-7(13)9(12(2)8(11)14)4-3-5-10-6-9/h10H,3-6H2,1-2H3. The number of amides is 3. The molecular weight excluding hydrogens is 182 g/mol. The van der Waals surface area contributed by atoms with Crippen molar-refractivity contribution in [1.29, 1.82) is 0 Å². The van der Waals surface area contributed by atoms with E-state index in [0.717, 1.165) is 19.4 Å². The molecule has 3 amide bonds. The fraction of sp³-hybridized carbons (Fsp3) is 0.778. The van der Waals surface area contributed by atoms with Gasteiger partial charge in [-0.2, -0.15) is 0 Å². The number of nitrogens with one attached hydrogen (secondary N) is 1. The minimum atomic E-state index is -0.607. The molecule has 0 radical (unpaired) electrons. The highest BCUT2D eigenvalue weighted by Gasteiger charge is 2.54. The lowest BCUT2D eigenvalue weighted by molar-refractivity contribution is -0.132. The number of imide groups is 1. The topological polar surface area (TPSA) is 52.7 Å². The molecule has 2 fully saturated rings. The summed E-state index contributed by atoms with van der Waals surface area (Å²) in [6, 6.07) is -0.196. The second-order valence-electron chi connectivity index (χ2n) is 4.02. The predicted molar refractivity (Wildman–Crippen MR) is 50.8 cm³/mol. The van der Waals surface area contributed by atoms with E-state index in [0.29, 0.717) is 6.54 Å². The van der Waals surface area contributed by atoms with Crippen LogP contribution in [0.25, 0.3) is 0 Å². The number of urea groups is 1. The first kappa shape index (κ1) is 9.45. The summed E-state index contributed by atoms with van der Waals surface area (Å²) >= 11 is 0. The van der Waals surface area contributed by atoms with Crippen molar-refractivity contribution in [1.82, 2.24) is 15.1 Å². The fourth-order valence-electron chi connectivity index (χ4n) is 2.31. The molecule has 78 valence electrons. The van der Waals surface area contributed by atoms with Crippen molar-refractivity contribution in [2.45, 2.75) is 18.4 Å². The van der Waals surface area contributed by atoms with Gasteiger partial charge in [0.1, 0.15) is 5.54 Å². The van der Waals surface area contributed by atoms with E-state index in [4.69, 9.17) is 0 Å². The summed E-state index contributed by atoms with van der Waals surface area (Å²) in [5.41, 5.74) is -0.607. The highest BCUT2D eigenvalue weighted by Crippen LogP contribution is 2.31. The van der Waals surface area contributed by atoms with Crippen LogP contribution in [0.5, 0.6) is 0 Å². The Morgan fingerprint density at radius 2 is 2.07 bits per heavy atom. The number of piperidine rings is 1. The monoisotopic (exact) mass is 197 g/mol. The zero-order valence-electron chi connectivity index (χ0n) is 8.54. The van der Waals surface area contributed by atoms with Gasteiger partial charge in [-0.05, 0) is 19.4 Å². The maximum atomic E-state index is 11.9. The van der Waals surface area contributed by atoms with Crippen LogP contribution in [0, 0.1) is 0 Å². The van der Waals surface area contributed by atoms with Gasteiger partial charge in [0.15, 0.2) is 0 Å². The third-order valence-corrected chi connectivity index (χ3v) is 3.28. The molecule has 2 heterocycles. The third kappa shape index (κ3) is 0.987. The van der Waals surface area contributed by atoms with Gasteiger partial charge in [0, 0.05) is 20.6 Å². The molecule has 1 unspecified atom stereocenters. The van der Waals surface area contributed by atoms with Crippen LogP contribution in [0.3, 0.4) is 0 Å². The Morgan fingerprint density at radius 1 is 1.36 bits per heavy atom. The Kier molecular flexibility index (Phi) is 1.99. The molecule has 0 aromatic heterocycles. The predicted octanol–water partition coefficient (Wildman–Crippen LogP) is -0.368. The number of hydrogen-bond acceptors (Lipinski definition) is 3. The van der Waals surface area contributed by atoms with Gasteiger partial charge >= 0.3 is 6.03 Å². The lowest BCUT2D eigenvalue weighted by Crippen LogP contribution is -2.57. The third-order valence-electron chi connectivity index (χ3n) is 3.28. The van der Waals surface area contributed by atoms with E-state index in [2.05, 4.69) is 5.32 Å². The normalized spacial score (nSPS) is 33.3. The number of likely N-dealkylation sites (N-methyl/N-ethyl adjacent to an activating group) is 2. The number of rotatable bonds is 0. The average Bonchev–Trinajstić information content (AvgIpc) is 2.37. The van der Waals surface area contributed by atoms with Gasteiger partial charge in [-0.25, -0.2) is 4.79 Å². The summed E-state index contributed by atoms with van der Waals surface area (Å²) in [5, 5.41) is 3.18. The number of nitrogens with zero attached hydrogens (tertiary/aromatic N) is 2. The molecule has 1 atom stereocenters. The molecule has 2 rings (SSSR count). The first-order chi connectivity index (χ1) is 6.59. The van der Waals surface area contributed by atoms with Crippen LogP contribution >= 0.6 is 0 Å². The maximum Gasteiger partial charge on any atom is 0.327 e. The van der Waals surface area contributed by atoms with E-state index in [9.17, 15) is 9.59 Å². The van der Waals surface area contributed by atoms with Crippen LogP contribution in [-0.4, -0.2) is 54.5 Å². The molecule has 2 aliphatic rings. The molecule has 1 spiro atoms. The smallest absolute Gasteiger partial charge is 0.314 e. The second kappa shape index (κ2) is 2.95. The highest BCUT2D eigenvalue weighted by molar-refractivity contribution is 6.06. The van der Waals surface area contributed by atoms with Gasteiger partial charge in [-0.15, -0.1) is 0 Å². The van der Waals surface area contributed by atoms with Crippen molar-refractivity contribution in [2.75, 3.05) is 27.2 Å². The van der Waals surface area contributed by atoms with Crippen molar-refractivity contribution < 1.29 is 9.59 Å². The van der Waals surface area contributed by atoms with Crippen molar-refractivity contribution in [2.24, 2.45) is 0 Å². The van der Waals surface area contributed by atoms with Crippen molar-refractivity contribution in [3.05, 3.63) is 0 Å². The summed E-state index contributed by atoms with van der Waals surface area (Å²) in [7, 11) is 3.25.